The first kappa shape index (κ1) is 13.1. The van der Waals surface area contributed by atoms with E-state index in [1.54, 1.807) is 19.9 Å². The first-order valence-corrected chi connectivity index (χ1v) is 6.38. The summed E-state index contributed by atoms with van der Waals surface area (Å²) in [6.07, 6.45) is 1.64. The molecule has 7 heteroatoms. The zero-order valence-electron chi connectivity index (χ0n) is 10.4. The number of hydrogen-bond acceptors (Lipinski definition) is 5. The monoisotopic (exact) mass is 276 g/mol. The first-order chi connectivity index (χ1) is 8.93. The van der Waals surface area contributed by atoms with E-state index in [-0.39, 0.29) is 22.5 Å². The normalized spacial score (nSPS) is 19.3. The summed E-state index contributed by atoms with van der Waals surface area (Å²) in [6.45, 7) is 3.40. The number of rotatable bonds is 1. The van der Waals surface area contributed by atoms with E-state index in [2.05, 4.69) is 0 Å². The van der Waals surface area contributed by atoms with E-state index in [1.165, 1.54) is 4.57 Å². The van der Waals surface area contributed by atoms with Gasteiger partial charge in [0.1, 0.15) is 10.5 Å². The minimum Gasteiger partial charge on any atom is -0.384 e. The van der Waals surface area contributed by atoms with E-state index in [0.717, 1.165) is 11.3 Å². The Bertz CT molecular complexity index is 819. The maximum atomic E-state index is 12.1. The molecule has 0 unspecified atom stereocenters. The molecule has 0 spiro atoms. The van der Waals surface area contributed by atoms with Crippen molar-refractivity contribution in [2.75, 3.05) is 0 Å². The maximum Gasteiger partial charge on any atom is 0.274 e. The van der Waals surface area contributed by atoms with Crippen LogP contribution in [0.3, 0.4) is 0 Å². The number of carbonyl (C=O) groups excluding carboxylic acids is 1. The van der Waals surface area contributed by atoms with E-state index >= 15 is 0 Å². The number of aromatic nitrogens is 1. The van der Waals surface area contributed by atoms with Crippen molar-refractivity contribution >= 4 is 34.7 Å². The second kappa shape index (κ2) is 4.40. The molecule has 0 radical (unpaired) electrons. The lowest BCUT2D eigenvalue weighted by molar-refractivity contribution is -0.113. The highest BCUT2D eigenvalue weighted by Gasteiger charge is 2.30. The molecule has 0 bridgehead atoms. The van der Waals surface area contributed by atoms with Crippen molar-refractivity contribution in [2.24, 2.45) is 17.4 Å². The fourth-order valence-electron chi connectivity index (χ4n) is 2.12. The molecule has 0 fully saturated rings. The third-order valence-electron chi connectivity index (χ3n) is 3.08. The summed E-state index contributed by atoms with van der Waals surface area (Å²) in [5, 5.41) is 9.14. The van der Waals surface area contributed by atoms with Crippen LogP contribution in [0.1, 0.15) is 13.8 Å². The minimum absolute atomic E-state index is 0.0735. The summed E-state index contributed by atoms with van der Waals surface area (Å²) in [6, 6.07) is 1.94. The van der Waals surface area contributed by atoms with Gasteiger partial charge in [0.15, 0.2) is 0 Å². The molecule has 0 aliphatic carbocycles. The van der Waals surface area contributed by atoms with Crippen LogP contribution in [0.15, 0.2) is 10.4 Å². The van der Waals surface area contributed by atoms with Gasteiger partial charge in [0, 0.05) is 5.92 Å². The van der Waals surface area contributed by atoms with Gasteiger partial charge in [-0.2, -0.15) is 5.26 Å². The number of amides is 1. The van der Waals surface area contributed by atoms with E-state index in [0.29, 0.717) is 9.20 Å². The molecule has 1 aromatic heterocycles. The maximum absolute atomic E-state index is 12.1. The van der Waals surface area contributed by atoms with Crippen LogP contribution in [0.5, 0.6) is 0 Å². The van der Waals surface area contributed by atoms with Crippen LogP contribution in [-0.4, -0.2) is 10.5 Å². The van der Waals surface area contributed by atoms with Crippen molar-refractivity contribution in [3.63, 3.8) is 0 Å². The van der Waals surface area contributed by atoms with Crippen LogP contribution in [0.2, 0.25) is 0 Å². The zero-order chi connectivity index (χ0) is 14.3. The van der Waals surface area contributed by atoms with Gasteiger partial charge in [-0.15, -0.1) is 11.3 Å². The Kier molecular flexibility index (Phi) is 3.04. The summed E-state index contributed by atoms with van der Waals surface area (Å²) in [5.74, 6) is -1.08. The molecule has 1 amide bonds. The van der Waals surface area contributed by atoms with Crippen LogP contribution in [-0.2, 0) is 4.79 Å². The molecule has 2 heterocycles. The van der Waals surface area contributed by atoms with Gasteiger partial charge in [-0.1, -0.05) is 13.0 Å². The van der Waals surface area contributed by atoms with Gasteiger partial charge in [0.05, 0.1) is 21.7 Å². The lowest BCUT2D eigenvalue weighted by Gasteiger charge is -2.19. The summed E-state index contributed by atoms with van der Waals surface area (Å²) in [4.78, 5) is 23.7. The molecule has 6 nitrogen and oxygen atoms in total. The van der Waals surface area contributed by atoms with Gasteiger partial charge >= 0.3 is 0 Å². The number of nitriles is 1. The second-order valence-corrected chi connectivity index (χ2v) is 5.14. The van der Waals surface area contributed by atoms with Crippen molar-refractivity contribution in [3.8, 4) is 6.07 Å². The Morgan fingerprint density at radius 1 is 1.58 bits per heavy atom. The lowest BCUT2D eigenvalue weighted by atomic mass is 9.92. The first-order valence-electron chi connectivity index (χ1n) is 5.56. The summed E-state index contributed by atoms with van der Waals surface area (Å²) in [7, 11) is 0. The highest BCUT2D eigenvalue weighted by Crippen LogP contribution is 2.25. The standard InChI is InChI=1S/C12H12N4O2S/c1-3-7-11(18)16-9(14)6(4-13)5(2)8(10(15)17)12(16)19-7/h3,5H,14H2,1-2H3,(H2,15,17)/b7-3-/t5-/m1/s1. The smallest absolute Gasteiger partial charge is 0.274 e. The van der Waals surface area contributed by atoms with Crippen molar-refractivity contribution in [2.45, 2.75) is 13.8 Å². The van der Waals surface area contributed by atoms with Crippen LogP contribution in [0, 0.1) is 17.2 Å². The predicted molar refractivity (Wildman–Crippen MR) is 72.8 cm³/mol. The van der Waals surface area contributed by atoms with Gasteiger partial charge in [-0.05, 0) is 6.92 Å². The Morgan fingerprint density at radius 2 is 2.21 bits per heavy atom. The van der Waals surface area contributed by atoms with Crippen LogP contribution in [0.25, 0.3) is 17.5 Å². The molecule has 98 valence electrons. The van der Waals surface area contributed by atoms with Crippen molar-refractivity contribution in [1.82, 2.24) is 4.57 Å². The topological polar surface area (TPSA) is 115 Å². The molecular formula is C12H12N4O2S. The molecule has 4 N–H and O–H groups in total. The van der Waals surface area contributed by atoms with Gasteiger partial charge in [0.2, 0.25) is 5.91 Å². The van der Waals surface area contributed by atoms with Crippen molar-refractivity contribution < 1.29 is 4.79 Å². The Balaban J connectivity index is 3.10. The van der Waals surface area contributed by atoms with E-state index in [9.17, 15) is 9.59 Å². The second-order valence-electron chi connectivity index (χ2n) is 4.11. The number of hydrogen-bond donors (Lipinski definition) is 2. The Morgan fingerprint density at radius 3 is 2.68 bits per heavy atom. The SMILES string of the molecule is C/C=c1\sc2n(c1=O)C(N)=C(C#N)[C@@H](C)C=2C(N)=O. The molecule has 0 saturated carbocycles. The average Bonchev–Trinajstić information content (AvgIpc) is 2.66. The lowest BCUT2D eigenvalue weighted by Crippen LogP contribution is -2.40. The molecule has 0 saturated heterocycles. The van der Waals surface area contributed by atoms with Gasteiger partial charge in [-0.3, -0.25) is 14.2 Å². The Labute approximate surface area is 112 Å². The third-order valence-corrected chi connectivity index (χ3v) is 4.31. The fourth-order valence-corrected chi connectivity index (χ4v) is 3.28. The molecule has 0 aromatic carbocycles. The van der Waals surface area contributed by atoms with Gasteiger partial charge < -0.3 is 11.5 Å². The van der Waals surface area contributed by atoms with E-state index in [4.69, 9.17) is 16.7 Å². The van der Waals surface area contributed by atoms with Crippen LogP contribution >= 0.6 is 11.3 Å². The van der Waals surface area contributed by atoms with Crippen molar-refractivity contribution in [1.29, 1.82) is 5.26 Å². The summed E-state index contributed by atoms with van der Waals surface area (Å²) < 4.78 is 2.07. The molecule has 1 aromatic rings. The molecule has 1 atom stereocenters. The number of nitrogens with two attached hydrogens (primary N) is 2. The van der Waals surface area contributed by atoms with Gasteiger partial charge in [-0.25, -0.2) is 0 Å². The Hall–Kier alpha value is -2.33. The van der Waals surface area contributed by atoms with E-state index in [1.807, 2.05) is 6.07 Å². The number of nitrogens with zero attached hydrogens (tertiary/aromatic N) is 2. The number of fused-ring (bicyclic) bond motifs is 1. The number of allylic oxidation sites excluding steroid dienone is 1. The van der Waals surface area contributed by atoms with E-state index < -0.39 is 11.8 Å². The fraction of sp³-hybridized carbons (Fsp3) is 0.250. The van der Waals surface area contributed by atoms with Gasteiger partial charge in [0.25, 0.3) is 5.56 Å². The quantitative estimate of drug-likeness (QED) is 0.659. The van der Waals surface area contributed by atoms with Crippen LogP contribution in [0.4, 0.5) is 0 Å². The summed E-state index contributed by atoms with van der Waals surface area (Å²) in [5.41, 5.74) is 11.3. The largest absolute Gasteiger partial charge is 0.384 e. The van der Waals surface area contributed by atoms with Crippen molar-refractivity contribution in [3.05, 3.63) is 25.1 Å². The number of carbonyl (C=O) groups is 1. The average molecular weight is 276 g/mol. The highest BCUT2D eigenvalue weighted by atomic mass is 32.1. The molecular weight excluding hydrogens is 264 g/mol. The molecule has 1 aliphatic rings. The minimum atomic E-state index is -0.648. The molecule has 19 heavy (non-hydrogen) atoms. The van der Waals surface area contributed by atoms with Crippen LogP contribution < -0.4 is 26.2 Å². The zero-order valence-corrected chi connectivity index (χ0v) is 11.2. The third kappa shape index (κ3) is 1.69. The molecule has 2 rings (SSSR count). The highest BCUT2D eigenvalue weighted by molar-refractivity contribution is 7.07. The predicted octanol–water partition coefficient (Wildman–Crippen LogP) is -1.35. The number of thiazole rings is 1. The number of primary amides is 1. The summed E-state index contributed by atoms with van der Waals surface area (Å²) >= 11 is 1.15. The molecule has 1 aliphatic heterocycles.